The molecule has 0 radical (unpaired) electrons. The van der Waals surface area contributed by atoms with Crippen LogP contribution in [0.25, 0.3) is 0 Å². The van der Waals surface area contributed by atoms with Gasteiger partial charge >= 0.3 is 5.97 Å². The zero-order chi connectivity index (χ0) is 13.1. The number of esters is 1. The molecule has 0 saturated heterocycles. The van der Waals surface area contributed by atoms with Crippen LogP contribution in [0, 0.1) is 0 Å². The van der Waals surface area contributed by atoms with Crippen LogP contribution in [0.1, 0.15) is 33.0 Å². The van der Waals surface area contributed by atoms with Gasteiger partial charge in [-0.1, -0.05) is 37.3 Å². The summed E-state index contributed by atoms with van der Waals surface area (Å²) in [5, 5.41) is 9.74. The van der Waals surface area contributed by atoms with E-state index in [0.29, 0.717) is 0 Å². The average molecular weight is 262 g/mol. The SMILES string of the molecule is COC(=O)c1sc(C(C)c2ccccc2)cc1O. The monoisotopic (exact) mass is 262 g/mol. The van der Waals surface area contributed by atoms with Crippen molar-refractivity contribution in [2.24, 2.45) is 0 Å². The van der Waals surface area contributed by atoms with Gasteiger partial charge in [-0.15, -0.1) is 11.3 Å². The molecule has 1 heterocycles. The molecule has 2 rings (SSSR count). The van der Waals surface area contributed by atoms with Gasteiger partial charge in [0.25, 0.3) is 0 Å². The Morgan fingerprint density at radius 1 is 1.33 bits per heavy atom. The summed E-state index contributed by atoms with van der Waals surface area (Å²) in [4.78, 5) is 12.6. The van der Waals surface area contributed by atoms with Crippen LogP contribution < -0.4 is 0 Å². The minimum atomic E-state index is -0.496. The first-order valence-electron chi connectivity index (χ1n) is 5.59. The molecule has 0 fully saturated rings. The van der Waals surface area contributed by atoms with E-state index in [9.17, 15) is 9.90 Å². The number of rotatable bonds is 3. The molecule has 94 valence electrons. The molecule has 1 aromatic heterocycles. The Morgan fingerprint density at radius 2 is 2.00 bits per heavy atom. The fraction of sp³-hybridized carbons (Fsp3) is 0.214. The Kier molecular flexibility index (Phi) is 3.67. The zero-order valence-corrected chi connectivity index (χ0v) is 11.0. The second kappa shape index (κ2) is 5.23. The van der Waals surface area contributed by atoms with E-state index < -0.39 is 5.97 Å². The van der Waals surface area contributed by atoms with Crippen LogP contribution in [-0.4, -0.2) is 18.2 Å². The van der Waals surface area contributed by atoms with E-state index in [0.717, 1.165) is 10.4 Å². The molecule has 1 atom stereocenters. The molecule has 18 heavy (non-hydrogen) atoms. The standard InChI is InChI=1S/C14H14O3S/c1-9(10-6-4-3-5-7-10)12-8-11(15)13(18-12)14(16)17-2/h3-9,15H,1-2H3. The highest BCUT2D eigenvalue weighted by molar-refractivity contribution is 7.14. The van der Waals surface area contributed by atoms with Crippen LogP contribution in [0.5, 0.6) is 5.75 Å². The minimum absolute atomic E-state index is 0.00960. The summed E-state index contributed by atoms with van der Waals surface area (Å²) in [6.45, 7) is 2.04. The lowest BCUT2D eigenvalue weighted by Gasteiger charge is -2.08. The summed E-state index contributed by atoms with van der Waals surface area (Å²) < 4.78 is 4.63. The molecule has 1 N–H and O–H groups in total. The molecule has 0 aliphatic rings. The van der Waals surface area contributed by atoms with Crippen LogP contribution in [0.4, 0.5) is 0 Å². The van der Waals surface area contributed by atoms with Crippen LogP contribution in [0.15, 0.2) is 36.4 Å². The van der Waals surface area contributed by atoms with E-state index in [-0.39, 0.29) is 16.5 Å². The van der Waals surface area contributed by atoms with E-state index in [2.05, 4.69) is 4.74 Å². The molecule has 1 unspecified atom stereocenters. The molecule has 0 aliphatic heterocycles. The van der Waals surface area contributed by atoms with Gasteiger partial charge in [0.05, 0.1) is 7.11 Å². The number of carbonyl (C=O) groups excluding carboxylic acids is 1. The number of ether oxygens (including phenoxy) is 1. The Labute approximate surface area is 110 Å². The van der Waals surface area contributed by atoms with Crippen LogP contribution in [0.2, 0.25) is 0 Å². The third kappa shape index (κ3) is 2.38. The molecule has 0 aliphatic carbocycles. The molecule has 0 spiro atoms. The van der Waals surface area contributed by atoms with Crippen molar-refractivity contribution in [2.45, 2.75) is 12.8 Å². The minimum Gasteiger partial charge on any atom is -0.506 e. The third-order valence-corrected chi connectivity index (χ3v) is 4.12. The second-order valence-electron chi connectivity index (χ2n) is 3.99. The van der Waals surface area contributed by atoms with Gasteiger partial charge in [-0.25, -0.2) is 4.79 Å². The van der Waals surface area contributed by atoms with Gasteiger partial charge in [-0.05, 0) is 11.6 Å². The summed E-state index contributed by atoms with van der Waals surface area (Å²) in [7, 11) is 1.31. The number of hydrogen-bond acceptors (Lipinski definition) is 4. The largest absolute Gasteiger partial charge is 0.506 e. The highest BCUT2D eigenvalue weighted by Gasteiger charge is 2.19. The van der Waals surface area contributed by atoms with Gasteiger partial charge in [0, 0.05) is 10.8 Å². The van der Waals surface area contributed by atoms with Gasteiger partial charge in [-0.3, -0.25) is 0 Å². The van der Waals surface area contributed by atoms with E-state index in [4.69, 9.17) is 0 Å². The van der Waals surface area contributed by atoms with E-state index >= 15 is 0 Å². The molecular weight excluding hydrogens is 248 g/mol. The maximum atomic E-state index is 11.4. The first-order chi connectivity index (χ1) is 8.63. The highest BCUT2D eigenvalue weighted by atomic mass is 32.1. The molecule has 1 aromatic carbocycles. The quantitative estimate of drug-likeness (QED) is 0.862. The van der Waals surface area contributed by atoms with E-state index in [1.807, 2.05) is 37.3 Å². The molecule has 3 nitrogen and oxygen atoms in total. The predicted molar refractivity (Wildman–Crippen MR) is 71.3 cm³/mol. The van der Waals surface area contributed by atoms with Gasteiger partial charge in [0.1, 0.15) is 5.75 Å². The van der Waals surface area contributed by atoms with E-state index in [1.54, 1.807) is 6.07 Å². The van der Waals surface area contributed by atoms with Crippen LogP contribution >= 0.6 is 11.3 Å². The first kappa shape index (κ1) is 12.6. The first-order valence-corrected chi connectivity index (χ1v) is 6.41. The summed E-state index contributed by atoms with van der Waals surface area (Å²) >= 11 is 1.27. The fourth-order valence-corrected chi connectivity index (χ4v) is 2.81. The Morgan fingerprint density at radius 3 is 2.61 bits per heavy atom. The van der Waals surface area contributed by atoms with Gasteiger partial charge in [0.15, 0.2) is 4.88 Å². The summed E-state index contributed by atoms with van der Waals surface area (Å²) in [5.74, 6) is -0.367. The van der Waals surface area contributed by atoms with Crippen molar-refractivity contribution < 1.29 is 14.6 Å². The van der Waals surface area contributed by atoms with Crippen LogP contribution in [-0.2, 0) is 4.74 Å². The van der Waals surface area contributed by atoms with Crippen molar-refractivity contribution >= 4 is 17.3 Å². The topological polar surface area (TPSA) is 46.5 Å². The Balaban J connectivity index is 2.32. The van der Waals surface area contributed by atoms with Crippen molar-refractivity contribution in [3.8, 4) is 5.75 Å². The smallest absolute Gasteiger partial charge is 0.351 e. The number of carbonyl (C=O) groups is 1. The lowest BCUT2D eigenvalue weighted by Crippen LogP contribution is -1.97. The maximum Gasteiger partial charge on any atom is 0.351 e. The number of benzene rings is 1. The average Bonchev–Trinajstić information content (AvgIpc) is 2.80. The third-order valence-electron chi connectivity index (χ3n) is 2.83. The summed E-state index contributed by atoms with van der Waals surface area (Å²) in [6.07, 6.45) is 0. The van der Waals surface area contributed by atoms with Gasteiger partial charge in [-0.2, -0.15) is 0 Å². The molecule has 0 amide bonds. The second-order valence-corrected chi connectivity index (χ2v) is 5.07. The van der Waals surface area contributed by atoms with Crippen molar-refractivity contribution in [3.05, 3.63) is 51.7 Å². The van der Waals surface area contributed by atoms with Crippen molar-refractivity contribution in [3.63, 3.8) is 0 Å². The predicted octanol–water partition coefficient (Wildman–Crippen LogP) is 3.39. The summed E-state index contributed by atoms with van der Waals surface area (Å²) in [6, 6.07) is 11.6. The molecular formula is C14H14O3S. The van der Waals surface area contributed by atoms with E-state index in [1.165, 1.54) is 18.4 Å². The molecule has 0 saturated carbocycles. The van der Waals surface area contributed by atoms with Crippen molar-refractivity contribution in [2.75, 3.05) is 7.11 Å². The Hall–Kier alpha value is -1.81. The number of aromatic hydroxyl groups is 1. The summed E-state index contributed by atoms with van der Waals surface area (Å²) in [5.41, 5.74) is 1.15. The van der Waals surface area contributed by atoms with Crippen LogP contribution in [0.3, 0.4) is 0 Å². The lowest BCUT2D eigenvalue weighted by atomic mass is 10.00. The number of hydrogen-bond donors (Lipinski definition) is 1. The molecule has 0 bridgehead atoms. The highest BCUT2D eigenvalue weighted by Crippen LogP contribution is 2.36. The zero-order valence-electron chi connectivity index (χ0n) is 10.2. The maximum absolute atomic E-state index is 11.4. The van der Waals surface area contributed by atoms with Crippen molar-refractivity contribution in [1.29, 1.82) is 0 Å². The number of methoxy groups -OCH3 is 1. The fourth-order valence-electron chi connectivity index (χ4n) is 1.76. The van der Waals surface area contributed by atoms with Gasteiger partial charge < -0.3 is 9.84 Å². The normalized spacial score (nSPS) is 12.1. The Bertz CT molecular complexity index is 545. The molecule has 4 heteroatoms. The van der Waals surface area contributed by atoms with Crippen molar-refractivity contribution in [1.82, 2.24) is 0 Å². The molecule has 2 aromatic rings. The van der Waals surface area contributed by atoms with Gasteiger partial charge in [0.2, 0.25) is 0 Å². The lowest BCUT2D eigenvalue weighted by molar-refractivity contribution is 0.0603. The number of thiophene rings is 1.